The van der Waals surface area contributed by atoms with E-state index in [0.29, 0.717) is 15.5 Å². The van der Waals surface area contributed by atoms with Crippen LogP contribution in [-0.2, 0) is 4.74 Å². The first-order valence-electron chi connectivity index (χ1n) is 5.26. The Morgan fingerprint density at radius 2 is 2.16 bits per heavy atom. The van der Waals surface area contributed by atoms with Crippen molar-refractivity contribution in [1.82, 2.24) is 19.8 Å². The summed E-state index contributed by atoms with van der Waals surface area (Å²) in [7, 11) is 1.24. The first kappa shape index (κ1) is 11.7. The number of esters is 1. The summed E-state index contributed by atoms with van der Waals surface area (Å²) in [5, 5.41) is 12.1. The van der Waals surface area contributed by atoms with Gasteiger partial charge in [-0.15, -0.1) is 10.2 Å². The van der Waals surface area contributed by atoms with Gasteiger partial charge in [0.2, 0.25) is 4.96 Å². The standard InChI is InChI=1S/C11H7FN4O2S/c1-18-10(17)8-13-14-11-16(8)15-9(19-11)6-4-2-3-5-7(6)12/h2-5H,1H3. The molecule has 0 spiro atoms. The normalized spacial score (nSPS) is 10.8. The van der Waals surface area contributed by atoms with Crippen molar-refractivity contribution in [3.8, 4) is 10.6 Å². The van der Waals surface area contributed by atoms with Gasteiger partial charge in [-0.05, 0) is 12.1 Å². The van der Waals surface area contributed by atoms with Crippen LogP contribution < -0.4 is 0 Å². The Labute approximate surface area is 110 Å². The maximum atomic E-state index is 13.7. The Balaban J connectivity index is 2.15. The summed E-state index contributed by atoms with van der Waals surface area (Å²) in [4.78, 5) is 11.8. The lowest BCUT2D eigenvalue weighted by atomic mass is 10.2. The van der Waals surface area contributed by atoms with Gasteiger partial charge in [0.15, 0.2) is 5.01 Å². The van der Waals surface area contributed by atoms with Crippen LogP contribution in [0.25, 0.3) is 15.5 Å². The van der Waals surface area contributed by atoms with Gasteiger partial charge in [-0.2, -0.15) is 9.61 Å². The van der Waals surface area contributed by atoms with Gasteiger partial charge < -0.3 is 4.74 Å². The van der Waals surface area contributed by atoms with E-state index in [1.54, 1.807) is 18.2 Å². The summed E-state index contributed by atoms with van der Waals surface area (Å²) in [5.41, 5.74) is 0.355. The average Bonchev–Trinajstić information content (AvgIpc) is 2.98. The third kappa shape index (κ3) is 1.85. The van der Waals surface area contributed by atoms with Crippen LogP contribution in [0.2, 0.25) is 0 Å². The highest BCUT2D eigenvalue weighted by Gasteiger charge is 2.19. The summed E-state index contributed by atoms with van der Waals surface area (Å²) in [6.07, 6.45) is 0. The van der Waals surface area contributed by atoms with Crippen LogP contribution in [0.15, 0.2) is 24.3 Å². The van der Waals surface area contributed by atoms with Gasteiger partial charge in [-0.3, -0.25) is 0 Å². The lowest BCUT2D eigenvalue weighted by molar-refractivity contribution is 0.0584. The van der Waals surface area contributed by atoms with E-state index in [0.717, 1.165) is 11.3 Å². The van der Waals surface area contributed by atoms with Crippen molar-refractivity contribution < 1.29 is 13.9 Å². The highest BCUT2D eigenvalue weighted by atomic mass is 32.1. The molecule has 0 fully saturated rings. The molecular formula is C11H7FN4O2S. The molecule has 0 atom stereocenters. The molecular weight excluding hydrogens is 271 g/mol. The fraction of sp³-hybridized carbons (Fsp3) is 0.0909. The Bertz CT molecular complexity index is 767. The van der Waals surface area contributed by atoms with Gasteiger partial charge in [-0.25, -0.2) is 9.18 Å². The number of nitrogens with zero attached hydrogens (tertiary/aromatic N) is 4. The zero-order chi connectivity index (χ0) is 13.4. The number of methoxy groups -OCH3 is 1. The number of aromatic nitrogens is 4. The van der Waals surface area contributed by atoms with Crippen LogP contribution in [0.1, 0.15) is 10.6 Å². The maximum absolute atomic E-state index is 13.7. The molecule has 0 aliphatic heterocycles. The van der Waals surface area contributed by atoms with Crippen molar-refractivity contribution in [2.75, 3.05) is 7.11 Å². The molecule has 0 saturated carbocycles. The lowest BCUT2D eigenvalue weighted by Crippen LogP contribution is -2.07. The minimum Gasteiger partial charge on any atom is -0.463 e. The molecule has 0 saturated heterocycles. The molecule has 3 aromatic rings. The topological polar surface area (TPSA) is 69.4 Å². The number of carbonyl (C=O) groups is 1. The molecule has 8 heteroatoms. The SMILES string of the molecule is COC(=O)c1nnc2sc(-c3ccccc3F)nn12. The van der Waals surface area contributed by atoms with Gasteiger partial charge >= 0.3 is 5.97 Å². The van der Waals surface area contributed by atoms with Crippen molar-refractivity contribution in [1.29, 1.82) is 0 Å². The summed E-state index contributed by atoms with van der Waals surface area (Å²) in [6, 6.07) is 6.26. The van der Waals surface area contributed by atoms with Gasteiger partial charge in [0.05, 0.1) is 7.11 Å². The molecule has 19 heavy (non-hydrogen) atoms. The molecule has 1 aromatic carbocycles. The smallest absolute Gasteiger partial charge is 0.378 e. The summed E-state index contributed by atoms with van der Waals surface area (Å²) in [5.74, 6) is -1.05. The number of ether oxygens (including phenoxy) is 1. The van der Waals surface area contributed by atoms with Crippen LogP contribution in [0.5, 0.6) is 0 Å². The zero-order valence-electron chi connectivity index (χ0n) is 9.70. The molecule has 96 valence electrons. The first-order valence-corrected chi connectivity index (χ1v) is 6.08. The van der Waals surface area contributed by atoms with E-state index in [1.807, 2.05) is 0 Å². The monoisotopic (exact) mass is 278 g/mol. The zero-order valence-corrected chi connectivity index (χ0v) is 10.5. The van der Waals surface area contributed by atoms with Crippen LogP contribution in [-0.4, -0.2) is 32.9 Å². The Morgan fingerprint density at radius 3 is 2.89 bits per heavy atom. The number of fused-ring (bicyclic) bond motifs is 1. The molecule has 2 aromatic heterocycles. The Morgan fingerprint density at radius 1 is 1.37 bits per heavy atom. The minimum atomic E-state index is -0.641. The Hall–Kier alpha value is -2.35. The second-order valence-electron chi connectivity index (χ2n) is 3.60. The highest BCUT2D eigenvalue weighted by molar-refractivity contribution is 7.19. The van der Waals surface area contributed by atoms with Crippen molar-refractivity contribution in [2.24, 2.45) is 0 Å². The summed E-state index contributed by atoms with van der Waals surface area (Å²) < 4.78 is 19.5. The van der Waals surface area contributed by atoms with Crippen LogP contribution in [0.3, 0.4) is 0 Å². The third-order valence-electron chi connectivity index (χ3n) is 2.46. The lowest BCUT2D eigenvalue weighted by Gasteiger charge is -1.96. The fourth-order valence-corrected chi connectivity index (χ4v) is 2.45. The third-order valence-corrected chi connectivity index (χ3v) is 3.40. The highest BCUT2D eigenvalue weighted by Crippen LogP contribution is 2.27. The molecule has 0 aliphatic carbocycles. The molecule has 0 bridgehead atoms. The minimum absolute atomic E-state index is 0.0312. The Kier molecular flexibility index (Phi) is 2.71. The number of carbonyl (C=O) groups excluding carboxylic acids is 1. The summed E-state index contributed by atoms with van der Waals surface area (Å²) in [6.45, 7) is 0. The molecule has 0 radical (unpaired) electrons. The predicted octanol–water partition coefficient (Wildman–Crippen LogP) is 1.78. The van der Waals surface area contributed by atoms with E-state index in [4.69, 9.17) is 0 Å². The van der Waals surface area contributed by atoms with Crippen molar-refractivity contribution >= 4 is 22.3 Å². The van der Waals surface area contributed by atoms with Crippen molar-refractivity contribution in [2.45, 2.75) is 0 Å². The number of hydrogen-bond acceptors (Lipinski definition) is 6. The second kappa shape index (κ2) is 4.39. The van der Waals surface area contributed by atoms with E-state index in [-0.39, 0.29) is 11.6 Å². The van der Waals surface area contributed by atoms with Gasteiger partial charge in [0.1, 0.15) is 5.82 Å². The second-order valence-corrected chi connectivity index (χ2v) is 4.55. The molecule has 2 heterocycles. The molecule has 0 amide bonds. The van der Waals surface area contributed by atoms with Crippen molar-refractivity contribution in [3.05, 3.63) is 35.9 Å². The van der Waals surface area contributed by atoms with E-state index >= 15 is 0 Å². The number of halogens is 1. The van der Waals surface area contributed by atoms with Crippen LogP contribution >= 0.6 is 11.3 Å². The number of hydrogen-bond donors (Lipinski definition) is 0. The van der Waals surface area contributed by atoms with Crippen molar-refractivity contribution in [3.63, 3.8) is 0 Å². The molecule has 0 aliphatic rings. The first-order chi connectivity index (χ1) is 9.20. The van der Waals surface area contributed by atoms with E-state index in [1.165, 1.54) is 17.7 Å². The van der Waals surface area contributed by atoms with E-state index in [9.17, 15) is 9.18 Å². The molecule has 0 unspecified atom stereocenters. The summed E-state index contributed by atoms with van der Waals surface area (Å²) >= 11 is 1.14. The molecule has 6 nitrogen and oxygen atoms in total. The van der Waals surface area contributed by atoms with Gasteiger partial charge in [0, 0.05) is 5.56 Å². The molecule has 3 rings (SSSR count). The molecule has 0 N–H and O–H groups in total. The quantitative estimate of drug-likeness (QED) is 0.668. The fourth-order valence-electron chi connectivity index (χ4n) is 1.58. The maximum Gasteiger partial charge on any atom is 0.378 e. The number of benzene rings is 1. The van der Waals surface area contributed by atoms with Crippen LogP contribution in [0, 0.1) is 5.82 Å². The van der Waals surface area contributed by atoms with Gasteiger partial charge in [0.25, 0.3) is 5.82 Å². The van der Waals surface area contributed by atoms with Gasteiger partial charge in [-0.1, -0.05) is 23.5 Å². The van der Waals surface area contributed by atoms with E-state index in [2.05, 4.69) is 20.0 Å². The number of rotatable bonds is 2. The van der Waals surface area contributed by atoms with E-state index < -0.39 is 5.97 Å². The van der Waals surface area contributed by atoms with Crippen LogP contribution in [0.4, 0.5) is 4.39 Å². The predicted molar refractivity (Wildman–Crippen MR) is 65.4 cm³/mol. The largest absolute Gasteiger partial charge is 0.463 e. The average molecular weight is 278 g/mol.